The van der Waals surface area contributed by atoms with Crippen molar-refractivity contribution in [1.82, 2.24) is 9.97 Å². The zero-order valence-corrected chi connectivity index (χ0v) is 15.9. The molecular formula is C19H21N3S2. The summed E-state index contributed by atoms with van der Waals surface area (Å²) in [6.45, 7) is 4.27. The van der Waals surface area contributed by atoms with Crippen molar-refractivity contribution in [2.45, 2.75) is 44.7 Å². The van der Waals surface area contributed by atoms with E-state index in [2.05, 4.69) is 37.4 Å². The minimum Gasteiger partial charge on any atom is -0.339 e. The highest BCUT2D eigenvalue weighted by Crippen LogP contribution is 2.40. The monoisotopic (exact) mass is 355 g/mol. The molecule has 24 heavy (non-hydrogen) atoms. The largest absolute Gasteiger partial charge is 0.339 e. The predicted octanol–water partition coefficient (Wildman–Crippen LogP) is 5.65. The van der Waals surface area contributed by atoms with E-state index in [0.29, 0.717) is 0 Å². The van der Waals surface area contributed by atoms with Gasteiger partial charge in [-0.25, -0.2) is 9.97 Å². The Balaban J connectivity index is 1.87. The molecule has 0 fully saturated rings. The summed E-state index contributed by atoms with van der Waals surface area (Å²) in [6, 6.07) is 6.50. The molecule has 0 amide bonds. The van der Waals surface area contributed by atoms with Gasteiger partial charge in [-0.2, -0.15) is 0 Å². The van der Waals surface area contributed by atoms with Gasteiger partial charge >= 0.3 is 0 Å². The van der Waals surface area contributed by atoms with Crippen LogP contribution in [-0.4, -0.2) is 16.2 Å². The van der Waals surface area contributed by atoms with Gasteiger partial charge in [0.2, 0.25) is 0 Å². The summed E-state index contributed by atoms with van der Waals surface area (Å²) in [5, 5.41) is 5.68. The van der Waals surface area contributed by atoms with Crippen molar-refractivity contribution < 1.29 is 0 Å². The topological polar surface area (TPSA) is 37.8 Å². The second kappa shape index (κ2) is 6.37. The first-order valence-electron chi connectivity index (χ1n) is 8.36. The lowest BCUT2D eigenvalue weighted by atomic mass is 9.97. The number of fused-ring (bicyclic) bond motifs is 3. The molecule has 2 heterocycles. The average molecular weight is 356 g/mol. The standard InChI is InChI=1S/C19H21N3S2/c1-11-8-9-14(12(2)10-11)20-17-16-13-6-4-5-7-15(13)24-18(16)22-19(21-17)23-3/h8-10H,4-7H2,1-3H3,(H,20,21,22). The lowest BCUT2D eigenvalue weighted by Gasteiger charge is -2.14. The SMILES string of the molecule is CSc1nc(Nc2ccc(C)cc2C)c2c3c(sc2n1)CCCC3. The van der Waals surface area contributed by atoms with Crippen LogP contribution in [-0.2, 0) is 12.8 Å². The summed E-state index contributed by atoms with van der Waals surface area (Å²) in [4.78, 5) is 12.2. The van der Waals surface area contributed by atoms with Crippen LogP contribution < -0.4 is 5.32 Å². The first-order valence-corrected chi connectivity index (χ1v) is 10.4. The highest BCUT2D eigenvalue weighted by molar-refractivity contribution is 7.98. The molecule has 1 aromatic carbocycles. The van der Waals surface area contributed by atoms with Crippen molar-refractivity contribution in [1.29, 1.82) is 0 Å². The number of thioether (sulfide) groups is 1. The van der Waals surface area contributed by atoms with Crippen LogP contribution in [0.1, 0.15) is 34.4 Å². The summed E-state index contributed by atoms with van der Waals surface area (Å²) >= 11 is 3.46. The van der Waals surface area contributed by atoms with E-state index < -0.39 is 0 Å². The van der Waals surface area contributed by atoms with Crippen molar-refractivity contribution in [3.63, 3.8) is 0 Å². The Morgan fingerprint density at radius 1 is 1.12 bits per heavy atom. The third-order valence-corrected chi connectivity index (χ3v) is 6.35. The van der Waals surface area contributed by atoms with Crippen LogP contribution in [0.2, 0.25) is 0 Å². The molecule has 3 aromatic rings. The molecule has 1 aliphatic rings. The van der Waals surface area contributed by atoms with Gasteiger partial charge in [-0.3, -0.25) is 0 Å². The van der Waals surface area contributed by atoms with Gasteiger partial charge in [-0.15, -0.1) is 11.3 Å². The normalized spacial score (nSPS) is 14.0. The Hall–Kier alpha value is -1.59. The molecule has 0 aliphatic heterocycles. The fourth-order valence-electron chi connectivity index (χ4n) is 3.40. The molecule has 3 nitrogen and oxygen atoms in total. The van der Waals surface area contributed by atoms with E-state index in [1.54, 1.807) is 11.8 Å². The van der Waals surface area contributed by atoms with Crippen molar-refractivity contribution >= 4 is 44.8 Å². The number of nitrogens with one attached hydrogen (secondary N) is 1. The Morgan fingerprint density at radius 2 is 1.96 bits per heavy atom. The van der Waals surface area contributed by atoms with Gasteiger partial charge in [0.05, 0.1) is 5.39 Å². The summed E-state index contributed by atoms with van der Waals surface area (Å²) in [5.41, 5.74) is 5.13. The highest BCUT2D eigenvalue weighted by Gasteiger charge is 2.21. The molecule has 1 aliphatic carbocycles. The second-order valence-corrected chi connectivity index (χ2v) is 8.25. The number of aromatic nitrogens is 2. The molecule has 0 atom stereocenters. The Kier molecular flexibility index (Phi) is 4.22. The van der Waals surface area contributed by atoms with E-state index in [-0.39, 0.29) is 0 Å². The zero-order chi connectivity index (χ0) is 16.7. The molecule has 5 heteroatoms. The lowest BCUT2D eigenvalue weighted by Crippen LogP contribution is -2.02. The zero-order valence-electron chi connectivity index (χ0n) is 14.3. The molecule has 0 saturated heterocycles. The molecule has 0 bridgehead atoms. The van der Waals surface area contributed by atoms with Gasteiger partial charge in [0, 0.05) is 10.6 Å². The van der Waals surface area contributed by atoms with Crippen LogP contribution >= 0.6 is 23.1 Å². The molecule has 124 valence electrons. The van der Waals surface area contributed by atoms with Gasteiger partial charge in [0.1, 0.15) is 10.6 Å². The number of anilines is 2. The van der Waals surface area contributed by atoms with E-state index in [4.69, 9.17) is 9.97 Å². The van der Waals surface area contributed by atoms with Crippen LogP contribution in [0.15, 0.2) is 23.4 Å². The van der Waals surface area contributed by atoms with Crippen LogP contribution in [0.25, 0.3) is 10.2 Å². The van der Waals surface area contributed by atoms with Gasteiger partial charge in [0.15, 0.2) is 5.16 Å². The maximum atomic E-state index is 4.81. The van der Waals surface area contributed by atoms with Gasteiger partial charge < -0.3 is 5.32 Å². The van der Waals surface area contributed by atoms with E-state index in [0.717, 1.165) is 27.9 Å². The van der Waals surface area contributed by atoms with Crippen molar-refractivity contribution in [2.75, 3.05) is 11.6 Å². The summed E-state index contributed by atoms with van der Waals surface area (Å²) in [6.07, 6.45) is 6.94. The minimum atomic E-state index is 0.841. The molecule has 0 unspecified atom stereocenters. The summed E-state index contributed by atoms with van der Waals surface area (Å²) in [5.74, 6) is 0.968. The second-order valence-electron chi connectivity index (χ2n) is 6.39. The molecule has 4 rings (SSSR count). The smallest absolute Gasteiger partial charge is 0.190 e. The number of nitrogens with zero attached hydrogens (tertiary/aromatic N) is 2. The van der Waals surface area contributed by atoms with Gasteiger partial charge in [0.25, 0.3) is 0 Å². The molecular weight excluding hydrogens is 334 g/mol. The number of hydrogen-bond acceptors (Lipinski definition) is 5. The average Bonchev–Trinajstić information content (AvgIpc) is 2.95. The first kappa shape index (κ1) is 15.9. The summed E-state index contributed by atoms with van der Waals surface area (Å²) < 4.78 is 0. The number of rotatable bonds is 3. The fraction of sp³-hybridized carbons (Fsp3) is 0.368. The molecule has 0 saturated carbocycles. The van der Waals surface area contributed by atoms with Gasteiger partial charge in [-0.1, -0.05) is 29.5 Å². The van der Waals surface area contributed by atoms with Crippen molar-refractivity contribution in [3.8, 4) is 0 Å². The Labute approximate surface area is 150 Å². The first-order chi connectivity index (χ1) is 11.7. The van der Waals surface area contributed by atoms with Crippen LogP contribution in [0.4, 0.5) is 11.5 Å². The number of aryl methyl sites for hydroxylation is 4. The third kappa shape index (κ3) is 2.80. The third-order valence-electron chi connectivity index (χ3n) is 4.61. The number of thiophene rings is 1. The maximum Gasteiger partial charge on any atom is 0.190 e. The Morgan fingerprint density at radius 3 is 2.75 bits per heavy atom. The number of hydrogen-bond donors (Lipinski definition) is 1. The molecule has 0 spiro atoms. The van der Waals surface area contributed by atoms with E-state index in [9.17, 15) is 0 Å². The molecule has 2 aromatic heterocycles. The molecule has 1 N–H and O–H groups in total. The maximum absolute atomic E-state index is 4.81. The molecule has 0 radical (unpaired) electrons. The predicted molar refractivity (Wildman–Crippen MR) is 105 cm³/mol. The van der Waals surface area contributed by atoms with Crippen LogP contribution in [0.5, 0.6) is 0 Å². The van der Waals surface area contributed by atoms with Crippen molar-refractivity contribution in [2.24, 2.45) is 0 Å². The highest BCUT2D eigenvalue weighted by atomic mass is 32.2. The van der Waals surface area contributed by atoms with Crippen LogP contribution in [0, 0.1) is 13.8 Å². The van der Waals surface area contributed by atoms with E-state index in [1.165, 1.54) is 46.2 Å². The van der Waals surface area contributed by atoms with E-state index >= 15 is 0 Å². The Bertz CT molecular complexity index is 915. The quantitative estimate of drug-likeness (QED) is 0.486. The number of benzene rings is 1. The van der Waals surface area contributed by atoms with E-state index in [1.807, 2.05) is 17.6 Å². The summed E-state index contributed by atoms with van der Waals surface area (Å²) in [7, 11) is 0. The van der Waals surface area contributed by atoms with Crippen LogP contribution in [0.3, 0.4) is 0 Å². The van der Waals surface area contributed by atoms with Crippen molar-refractivity contribution in [3.05, 3.63) is 39.8 Å². The fourth-order valence-corrected chi connectivity index (χ4v) is 5.09. The van der Waals surface area contributed by atoms with Gasteiger partial charge in [-0.05, 0) is 63.0 Å². The lowest BCUT2D eigenvalue weighted by molar-refractivity contribution is 0.700. The minimum absolute atomic E-state index is 0.841.